The Morgan fingerprint density at radius 1 is 1.03 bits per heavy atom. The quantitative estimate of drug-likeness (QED) is 0.432. The average Bonchev–Trinajstić information content (AvgIpc) is 3.41. The Morgan fingerprint density at radius 2 is 1.83 bits per heavy atom. The van der Waals surface area contributed by atoms with Crippen LogP contribution in [0.15, 0.2) is 49.1 Å². The number of aromatic amines is 1. The molecule has 0 atom stereocenters. The lowest BCUT2D eigenvalue weighted by Gasteiger charge is -2.22. The maximum Gasteiger partial charge on any atom is 0.138 e. The normalized spacial score (nSPS) is 14.6. The van der Waals surface area contributed by atoms with E-state index in [2.05, 4.69) is 49.2 Å². The second-order valence-corrected chi connectivity index (χ2v) is 8.17. The fraction of sp³-hybridized carbons (Fsp3) is 0.217. The third kappa shape index (κ3) is 3.70. The zero-order valence-electron chi connectivity index (χ0n) is 16.1. The number of benzene rings is 1. The fourth-order valence-corrected chi connectivity index (χ4v) is 4.26. The van der Waals surface area contributed by atoms with E-state index in [1.807, 2.05) is 24.7 Å². The molecule has 150 valence electrons. The maximum atomic E-state index is 6.24. The number of nitrogens with one attached hydrogen (secondary N) is 2. The van der Waals surface area contributed by atoms with Crippen molar-refractivity contribution < 1.29 is 0 Å². The van der Waals surface area contributed by atoms with E-state index in [1.54, 1.807) is 12.1 Å². The molecule has 0 saturated carbocycles. The molecule has 0 bridgehead atoms. The lowest BCUT2D eigenvalue weighted by atomic mass is 10.1. The molecule has 0 spiro atoms. The molecule has 5 nitrogen and oxygen atoms in total. The zero-order valence-corrected chi connectivity index (χ0v) is 17.6. The lowest BCUT2D eigenvalue weighted by Crippen LogP contribution is -2.29. The molecular formula is C23H19Cl2N5. The minimum absolute atomic E-state index is 0.450. The second-order valence-electron chi connectivity index (χ2n) is 7.36. The van der Waals surface area contributed by atoms with E-state index in [1.165, 1.54) is 0 Å². The highest BCUT2D eigenvalue weighted by molar-refractivity contribution is 6.36. The van der Waals surface area contributed by atoms with Gasteiger partial charge in [0.2, 0.25) is 0 Å². The molecule has 0 unspecified atom stereocenters. The Labute approximate surface area is 184 Å². The van der Waals surface area contributed by atoms with Crippen LogP contribution in [0, 0.1) is 11.8 Å². The molecule has 1 aromatic carbocycles. The number of halogens is 2. The Bertz CT molecular complexity index is 1250. The molecule has 4 aromatic rings. The van der Waals surface area contributed by atoms with E-state index in [0.29, 0.717) is 21.7 Å². The van der Waals surface area contributed by atoms with Crippen molar-refractivity contribution in [2.75, 3.05) is 13.1 Å². The van der Waals surface area contributed by atoms with Crippen molar-refractivity contribution in [3.05, 3.63) is 70.2 Å². The highest BCUT2D eigenvalue weighted by Gasteiger charge is 2.16. The minimum atomic E-state index is 0.450. The summed E-state index contributed by atoms with van der Waals surface area (Å²) in [5.41, 5.74) is 4.33. The minimum Gasteiger partial charge on any atom is -0.345 e. The molecule has 1 aliphatic rings. The van der Waals surface area contributed by atoms with Gasteiger partial charge in [-0.05, 0) is 44.1 Å². The van der Waals surface area contributed by atoms with Gasteiger partial charge in [0.1, 0.15) is 5.65 Å². The van der Waals surface area contributed by atoms with Crippen molar-refractivity contribution in [2.24, 2.45) is 0 Å². The molecule has 5 rings (SSSR count). The summed E-state index contributed by atoms with van der Waals surface area (Å²) in [6, 6.07) is 7.92. The first-order chi connectivity index (χ1) is 14.7. The molecular weight excluding hydrogens is 417 g/mol. The van der Waals surface area contributed by atoms with Gasteiger partial charge in [-0.25, -0.2) is 4.98 Å². The first-order valence-electron chi connectivity index (χ1n) is 9.87. The molecule has 2 N–H and O–H groups in total. The Morgan fingerprint density at radius 3 is 2.63 bits per heavy atom. The Hall–Kier alpha value is -2.78. The first kappa shape index (κ1) is 19.2. The van der Waals surface area contributed by atoms with Gasteiger partial charge in [-0.3, -0.25) is 4.68 Å². The van der Waals surface area contributed by atoms with Crippen molar-refractivity contribution in [1.82, 2.24) is 25.1 Å². The van der Waals surface area contributed by atoms with Crippen LogP contribution in [0.5, 0.6) is 0 Å². The van der Waals surface area contributed by atoms with Gasteiger partial charge >= 0.3 is 0 Å². The summed E-state index contributed by atoms with van der Waals surface area (Å²) in [5, 5.41) is 10.0. The molecule has 30 heavy (non-hydrogen) atoms. The highest BCUT2D eigenvalue weighted by atomic mass is 35.5. The predicted molar refractivity (Wildman–Crippen MR) is 121 cm³/mol. The van der Waals surface area contributed by atoms with E-state index >= 15 is 0 Å². The number of H-pyrrole nitrogens is 1. The number of pyridine rings is 1. The summed E-state index contributed by atoms with van der Waals surface area (Å²) in [6.45, 7) is 2.07. The molecule has 1 saturated heterocycles. The van der Waals surface area contributed by atoms with E-state index in [-0.39, 0.29) is 0 Å². The number of nitrogens with zero attached hydrogens (tertiary/aromatic N) is 3. The first-order valence-corrected chi connectivity index (χ1v) is 10.6. The standard InChI is InChI=1S/C23H19Cl2N5/c24-21-2-1-3-22(25)19(21)5-4-15-11-27-23-20(15)10-16(12-28-23)17-13-29-30(14-17)18-6-8-26-9-7-18/h1-3,10-14,18,26H,6-9H2,(H,27,28). The SMILES string of the molecule is Clc1cccc(Cl)c1C#Cc1c[nH]c2ncc(-c3cnn(C4CCNCC4)c3)cc12. The summed E-state index contributed by atoms with van der Waals surface area (Å²) >= 11 is 12.5. The smallest absolute Gasteiger partial charge is 0.138 e. The number of aromatic nitrogens is 4. The highest BCUT2D eigenvalue weighted by Crippen LogP contribution is 2.27. The van der Waals surface area contributed by atoms with Gasteiger partial charge < -0.3 is 10.3 Å². The van der Waals surface area contributed by atoms with E-state index in [9.17, 15) is 0 Å². The second kappa shape index (κ2) is 8.16. The molecule has 1 aliphatic heterocycles. The summed E-state index contributed by atoms with van der Waals surface area (Å²) in [5.74, 6) is 6.28. The van der Waals surface area contributed by atoms with Gasteiger partial charge in [-0.15, -0.1) is 0 Å². The Kier molecular flexibility index (Phi) is 5.22. The summed E-state index contributed by atoms with van der Waals surface area (Å²) < 4.78 is 2.08. The molecule has 0 amide bonds. The van der Waals surface area contributed by atoms with Gasteiger partial charge in [0, 0.05) is 35.1 Å². The van der Waals surface area contributed by atoms with Crippen LogP contribution in [0.3, 0.4) is 0 Å². The van der Waals surface area contributed by atoms with Crippen molar-refractivity contribution >= 4 is 34.2 Å². The molecule has 4 heterocycles. The van der Waals surface area contributed by atoms with Crippen LogP contribution in [-0.2, 0) is 0 Å². The van der Waals surface area contributed by atoms with Gasteiger partial charge in [0.15, 0.2) is 0 Å². The summed E-state index contributed by atoms with van der Waals surface area (Å²) in [7, 11) is 0. The summed E-state index contributed by atoms with van der Waals surface area (Å²) in [6.07, 6.45) is 9.94. The predicted octanol–water partition coefficient (Wildman–Crippen LogP) is 5.06. The maximum absolute atomic E-state index is 6.24. The van der Waals surface area contributed by atoms with Crippen LogP contribution < -0.4 is 5.32 Å². The van der Waals surface area contributed by atoms with Crippen molar-refractivity contribution in [3.63, 3.8) is 0 Å². The fourth-order valence-electron chi connectivity index (χ4n) is 3.77. The lowest BCUT2D eigenvalue weighted by molar-refractivity contribution is 0.343. The monoisotopic (exact) mass is 435 g/mol. The number of piperidine rings is 1. The van der Waals surface area contributed by atoms with Crippen LogP contribution in [0.2, 0.25) is 10.0 Å². The number of hydrogen-bond donors (Lipinski definition) is 2. The van der Waals surface area contributed by atoms with Crippen LogP contribution in [0.4, 0.5) is 0 Å². The molecule has 7 heteroatoms. The summed E-state index contributed by atoms with van der Waals surface area (Å²) in [4.78, 5) is 7.75. The van der Waals surface area contributed by atoms with Crippen LogP contribution in [0.25, 0.3) is 22.2 Å². The number of hydrogen-bond acceptors (Lipinski definition) is 3. The molecule has 0 radical (unpaired) electrons. The van der Waals surface area contributed by atoms with Gasteiger partial charge in [0.05, 0.1) is 33.4 Å². The van der Waals surface area contributed by atoms with Crippen LogP contribution >= 0.6 is 23.2 Å². The van der Waals surface area contributed by atoms with Crippen molar-refractivity contribution in [3.8, 4) is 23.0 Å². The molecule has 0 aliphatic carbocycles. The third-order valence-corrected chi connectivity index (χ3v) is 6.06. The zero-order chi connectivity index (χ0) is 20.5. The van der Waals surface area contributed by atoms with Gasteiger partial charge in [-0.2, -0.15) is 5.10 Å². The topological polar surface area (TPSA) is 58.5 Å². The van der Waals surface area contributed by atoms with Crippen LogP contribution in [0.1, 0.15) is 30.0 Å². The van der Waals surface area contributed by atoms with E-state index < -0.39 is 0 Å². The largest absolute Gasteiger partial charge is 0.345 e. The van der Waals surface area contributed by atoms with Crippen LogP contribution in [-0.4, -0.2) is 32.8 Å². The third-order valence-electron chi connectivity index (χ3n) is 5.43. The van der Waals surface area contributed by atoms with E-state index in [4.69, 9.17) is 23.2 Å². The number of rotatable bonds is 2. The van der Waals surface area contributed by atoms with Crippen molar-refractivity contribution in [2.45, 2.75) is 18.9 Å². The number of fused-ring (bicyclic) bond motifs is 1. The van der Waals surface area contributed by atoms with E-state index in [0.717, 1.165) is 53.7 Å². The molecule has 3 aromatic heterocycles. The van der Waals surface area contributed by atoms with Crippen molar-refractivity contribution in [1.29, 1.82) is 0 Å². The van der Waals surface area contributed by atoms with Gasteiger partial charge in [0.25, 0.3) is 0 Å². The molecule has 1 fully saturated rings. The Balaban J connectivity index is 1.48. The van der Waals surface area contributed by atoms with Gasteiger partial charge in [-0.1, -0.05) is 41.1 Å². The average molecular weight is 436 g/mol.